The van der Waals surface area contributed by atoms with Crippen LogP contribution < -0.4 is 10.4 Å². The fraction of sp³-hybridized carbons (Fsp3) is 0.765. The van der Waals surface area contributed by atoms with Crippen molar-refractivity contribution in [2.45, 2.75) is 83.1 Å². The minimum Gasteiger partial charge on any atom is -0.530 e. The van der Waals surface area contributed by atoms with Gasteiger partial charge in [0.15, 0.2) is 0 Å². The van der Waals surface area contributed by atoms with Crippen LogP contribution in [0.4, 0.5) is 4.79 Å². The minimum atomic E-state index is -1.23. The number of amides is 1. The first-order valence-electron chi connectivity index (χ1n) is 8.73. The second-order valence-corrected chi connectivity index (χ2v) is 6.39. The van der Waals surface area contributed by atoms with Gasteiger partial charge in [0.2, 0.25) is 0 Å². The summed E-state index contributed by atoms with van der Waals surface area (Å²) in [5.74, 6) is 1.29. The standard InChI is InChI=1S/C17H29N3O2/c1-2-3-4-8-11-14(20-17(21)22)16-18-12-15(19-16)13-9-6-5-7-10-13/h12-14,20H,2-11H2,1H3,(H,18,19)(H,21,22)/p-1. The Morgan fingerprint density at radius 2 is 2.14 bits per heavy atom. The molecule has 1 aromatic rings. The normalized spacial score (nSPS) is 17.3. The van der Waals surface area contributed by atoms with Crippen LogP contribution in [0.3, 0.4) is 0 Å². The van der Waals surface area contributed by atoms with E-state index in [1.54, 1.807) is 0 Å². The van der Waals surface area contributed by atoms with Gasteiger partial charge in [0.05, 0.1) is 6.04 Å². The van der Waals surface area contributed by atoms with Crippen LogP contribution >= 0.6 is 0 Å². The first-order valence-corrected chi connectivity index (χ1v) is 8.73. The topological polar surface area (TPSA) is 80.8 Å². The summed E-state index contributed by atoms with van der Waals surface area (Å²) in [6, 6.07) is -0.279. The van der Waals surface area contributed by atoms with Gasteiger partial charge in [-0.3, -0.25) is 0 Å². The lowest BCUT2D eigenvalue weighted by atomic mass is 9.87. The number of imidazole rings is 1. The zero-order valence-electron chi connectivity index (χ0n) is 13.6. The van der Waals surface area contributed by atoms with Crippen molar-refractivity contribution in [3.8, 4) is 0 Å². The summed E-state index contributed by atoms with van der Waals surface area (Å²) in [6.45, 7) is 2.17. The highest BCUT2D eigenvalue weighted by molar-refractivity contribution is 5.62. The van der Waals surface area contributed by atoms with Crippen LogP contribution in [0.2, 0.25) is 0 Å². The first kappa shape index (κ1) is 16.8. The number of hydrogen-bond acceptors (Lipinski definition) is 3. The SMILES string of the molecule is CCCCCCC(NC(=O)[O-])c1ncc(C2CCCCC2)[nH]1. The van der Waals surface area contributed by atoms with Crippen molar-refractivity contribution >= 4 is 6.09 Å². The molecule has 1 fully saturated rings. The number of unbranched alkanes of at least 4 members (excludes halogenated alkanes) is 3. The molecule has 0 spiro atoms. The van der Waals surface area contributed by atoms with E-state index in [0.717, 1.165) is 30.8 Å². The molecule has 0 bridgehead atoms. The Labute approximate surface area is 132 Å². The van der Waals surface area contributed by atoms with Gasteiger partial charge < -0.3 is 20.2 Å². The van der Waals surface area contributed by atoms with E-state index in [4.69, 9.17) is 0 Å². The zero-order chi connectivity index (χ0) is 15.8. The van der Waals surface area contributed by atoms with Gasteiger partial charge in [-0.1, -0.05) is 51.9 Å². The predicted octanol–water partition coefficient (Wildman–Crippen LogP) is 3.40. The van der Waals surface area contributed by atoms with E-state index < -0.39 is 6.09 Å². The number of nitrogens with zero attached hydrogens (tertiary/aromatic N) is 1. The van der Waals surface area contributed by atoms with Gasteiger partial charge in [0.25, 0.3) is 0 Å². The summed E-state index contributed by atoms with van der Waals surface area (Å²) < 4.78 is 0. The summed E-state index contributed by atoms with van der Waals surface area (Å²) >= 11 is 0. The van der Waals surface area contributed by atoms with E-state index in [1.807, 2.05) is 6.20 Å². The van der Waals surface area contributed by atoms with E-state index in [0.29, 0.717) is 5.92 Å². The predicted molar refractivity (Wildman–Crippen MR) is 84.4 cm³/mol. The van der Waals surface area contributed by atoms with Gasteiger partial charge in [0.1, 0.15) is 11.9 Å². The van der Waals surface area contributed by atoms with Crippen molar-refractivity contribution in [1.82, 2.24) is 15.3 Å². The van der Waals surface area contributed by atoms with Crippen molar-refractivity contribution in [2.24, 2.45) is 0 Å². The number of nitrogens with one attached hydrogen (secondary N) is 2. The van der Waals surface area contributed by atoms with Gasteiger partial charge in [-0.05, 0) is 19.3 Å². The van der Waals surface area contributed by atoms with Crippen molar-refractivity contribution in [2.75, 3.05) is 0 Å². The van der Waals surface area contributed by atoms with Crippen LogP contribution in [-0.2, 0) is 0 Å². The summed E-state index contributed by atoms with van der Waals surface area (Å²) in [6.07, 6.45) is 12.2. The molecule has 1 aliphatic carbocycles. The molecule has 2 N–H and O–H groups in total. The molecular formula is C17H28N3O2-. The third-order valence-electron chi connectivity index (χ3n) is 4.63. The molecule has 0 aliphatic heterocycles. The third-order valence-corrected chi connectivity index (χ3v) is 4.63. The fourth-order valence-corrected chi connectivity index (χ4v) is 3.34. The molecule has 1 unspecified atom stereocenters. The van der Waals surface area contributed by atoms with Gasteiger partial charge in [-0.2, -0.15) is 0 Å². The van der Waals surface area contributed by atoms with Gasteiger partial charge >= 0.3 is 0 Å². The van der Waals surface area contributed by atoms with Gasteiger partial charge in [-0.25, -0.2) is 4.98 Å². The smallest absolute Gasteiger partial charge is 0.134 e. The van der Waals surface area contributed by atoms with Crippen molar-refractivity contribution in [1.29, 1.82) is 0 Å². The molecule has 1 aromatic heterocycles. The monoisotopic (exact) mass is 306 g/mol. The summed E-state index contributed by atoms with van der Waals surface area (Å²) in [7, 11) is 0. The summed E-state index contributed by atoms with van der Waals surface area (Å²) in [4.78, 5) is 18.7. The molecule has 1 heterocycles. The van der Waals surface area contributed by atoms with Crippen molar-refractivity contribution in [3.05, 3.63) is 17.7 Å². The van der Waals surface area contributed by atoms with E-state index >= 15 is 0 Å². The average molecular weight is 306 g/mol. The molecule has 1 saturated carbocycles. The molecule has 1 amide bonds. The average Bonchev–Trinajstić information content (AvgIpc) is 3.01. The molecule has 0 aromatic carbocycles. The Hall–Kier alpha value is -1.52. The largest absolute Gasteiger partial charge is 0.530 e. The summed E-state index contributed by atoms with van der Waals surface area (Å²) in [5.41, 5.74) is 1.16. The lowest BCUT2D eigenvalue weighted by molar-refractivity contribution is -0.251. The van der Waals surface area contributed by atoms with E-state index in [2.05, 4.69) is 22.2 Å². The summed E-state index contributed by atoms with van der Waals surface area (Å²) in [5, 5.41) is 13.4. The van der Waals surface area contributed by atoms with Crippen LogP contribution in [-0.4, -0.2) is 16.1 Å². The van der Waals surface area contributed by atoms with E-state index in [1.165, 1.54) is 44.9 Å². The van der Waals surface area contributed by atoms with E-state index in [9.17, 15) is 9.90 Å². The fourth-order valence-electron chi connectivity index (χ4n) is 3.34. The molecule has 124 valence electrons. The highest BCUT2D eigenvalue weighted by atomic mass is 16.4. The number of carboxylic acid groups (broad SMARTS) is 1. The van der Waals surface area contributed by atoms with Crippen molar-refractivity contribution in [3.63, 3.8) is 0 Å². The molecule has 2 rings (SSSR count). The van der Waals surface area contributed by atoms with Crippen LogP contribution in [0, 0.1) is 0 Å². The Morgan fingerprint density at radius 1 is 1.36 bits per heavy atom. The van der Waals surface area contributed by atoms with Crippen molar-refractivity contribution < 1.29 is 9.90 Å². The molecule has 0 radical (unpaired) electrons. The van der Waals surface area contributed by atoms with Gasteiger partial charge in [0, 0.05) is 17.8 Å². The van der Waals surface area contributed by atoms with Crippen LogP contribution in [0.5, 0.6) is 0 Å². The Bertz CT molecular complexity index is 453. The quantitative estimate of drug-likeness (QED) is 0.722. The highest BCUT2D eigenvalue weighted by Gasteiger charge is 2.20. The number of carbonyl (C=O) groups is 1. The Morgan fingerprint density at radius 3 is 2.82 bits per heavy atom. The van der Waals surface area contributed by atoms with E-state index in [-0.39, 0.29) is 6.04 Å². The maximum atomic E-state index is 10.9. The maximum absolute atomic E-state index is 10.9. The lowest BCUT2D eigenvalue weighted by Crippen LogP contribution is -2.39. The molecule has 1 atom stereocenters. The molecule has 0 saturated heterocycles. The van der Waals surface area contributed by atoms with Crippen LogP contribution in [0.25, 0.3) is 0 Å². The Balaban J connectivity index is 1.96. The second-order valence-electron chi connectivity index (χ2n) is 6.39. The highest BCUT2D eigenvalue weighted by Crippen LogP contribution is 2.32. The lowest BCUT2D eigenvalue weighted by Gasteiger charge is -2.21. The van der Waals surface area contributed by atoms with Crippen LogP contribution in [0.15, 0.2) is 6.20 Å². The molecule has 22 heavy (non-hydrogen) atoms. The number of hydrogen-bond donors (Lipinski definition) is 2. The molecular weight excluding hydrogens is 278 g/mol. The first-order chi connectivity index (χ1) is 10.7. The number of aromatic amines is 1. The molecule has 1 aliphatic rings. The molecule has 5 heteroatoms. The molecule has 5 nitrogen and oxygen atoms in total. The number of carbonyl (C=O) groups excluding carboxylic acids is 1. The minimum absolute atomic E-state index is 0.279. The Kier molecular flexibility index (Phi) is 6.74. The third kappa shape index (κ3) is 5.04. The second kappa shape index (κ2) is 8.81. The maximum Gasteiger partial charge on any atom is 0.134 e. The zero-order valence-corrected chi connectivity index (χ0v) is 13.6. The van der Waals surface area contributed by atoms with Crippen LogP contribution in [0.1, 0.15) is 94.6 Å². The number of aromatic nitrogens is 2. The number of H-pyrrole nitrogens is 1. The number of rotatable bonds is 8. The van der Waals surface area contributed by atoms with Gasteiger partial charge in [-0.15, -0.1) is 0 Å².